The van der Waals surface area contributed by atoms with Gasteiger partial charge in [-0.05, 0) is 0 Å². The first kappa shape index (κ1) is 38.4. The molecule has 0 aromatic heterocycles. The molecule has 0 saturated carbocycles. The third-order valence-corrected chi connectivity index (χ3v) is 0. The van der Waals surface area contributed by atoms with Crippen LogP contribution in [0.4, 0.5) is 0 Å². The van der Waals surface area contributed by atoms with Gasteiger partial charge in [-0.15, -0.1) is 0 Å². The summed E-state index contributed by atoms with van der Waals surface area (Å²) in [4.78, 5) is 0. The molecule has 23 valence electrons. The summed E-state index contributed by atoms with van der Waals surface area (Å²) in [6.45, 7) is 0. The molecule has 0 nitrogen and oxygen atoms in total. The zero-order valence-electron chi connectivity index (χ0n) is 1.08. The summed E-state index contributed by atoms with van der Waals surface area (Å²) in [5, 5.41) is 0. The Hall–Kier alpha value is 3.58. The van der Waals surface area contributed by atoms with Gasteiger partial charge in [0.1, 0.15) is 0 Å². The minimum Gasteiger partial charge on any atom is 0 e. The average Bonchev–Trinajstić information content (AvgIpc) is 0. The van der Waals surface area contributed by atoms with Gasteiger partial charge in [0.15, 0.2) is 34.7 Å². The molecule has 0 saturated heterocycles. The molecule has 0 amide bonds. The SMILES string of the molecule is [AlH3].[AlH3].[MgH2].[Sc].[Zr]. The third kappa shape index (κ3) is 18.4. The molecule has 0 heterocycles. The van der Waals surface area contributed by atoms with Gasteiger partial charge in [-0.3, -0.25) is 0 Å². The summed E-state index contributed by atoms with van der Waals surface area (Å²) < 4.78 is 0. The van der Waals surface area contributed by atoms with E-state index in [0.717, 1.165) is 0 Å². The molecule has 0 rings (SSSR count). The molecule has 0 aromatic carbocycles. The van der Waals surface area contributed by atoms with Crippen LogP contribution >= 0.6 is 0 Å². The Morgan fingerprint density at radius 3 is 0.800 bits per heavy atom. The smallest absolute Gasteiger partial charge is 0 e. The minimum atomic E-state index is 0. The Morgan fingerprint density at radius 1 is 0.800 bits per heavy atom. The molecular formula is H8Al2MgScZr. The zero-order valence-corrected chi connectivity index (χ0v) is 5.34. The van der Waals surface area contributed by atoms with Crippen molar-refractivity contribution < 1.29 is 52.0 Å². The van der Waals surface area contributed by atoms with Crippen LogP contribution in [0.3, 0.4) is 0 Å². The van der Waals surface area contributed by atoms with Crippen molar-refractivity contribution in [1.82, 2.24) is 0 Å². The predicted molar refractivity (Wildman–Crippen MR) is 28.4 cm³/mol. The van der Waals surface area contributed by atoms with Gasteiger partial charge >= 0.3 is 23.1 Å². The second-order valence-electron chi connectivity index (χ2n) is 0. The van der Waals surface area contributed by atoms with Crippen LogP contribution in [0.5, 0.6) is 0 Å². The van der Waals surface area contributed by atoms with Gasteiger partial charge in [-0.25, -0.2) is 0 Å². The molecule has 0 aliphatic carbocycles. The molecular weight excluding hydrogens is 214 g/mol. The fourth-order valence-corrected chi connectivity index (χ4v) is 0. The van der Waals surface area contributed by atoms with Crippen LogP contribution < -0.4 is 0 Å². The van der Waals surface area contributed by atoms with E-state index in [1.54, 1.807) is 0 Å². The van der Waals surface area contributed by atoms with Crippen LogP contribution in [0, 0.1) is 0 Å². The summed E-state index contributed by atoms with van der Waals surface area (Å²) in [6.07, 6.45) is 0. The van der Waals surface area contributed by atoms with Crippen LogP contribution in [0.1, 0.15) is 0 Å². The molecule has 0 spiro atoms. The molecule has 5 heteroatoms. The monoisotopic (exact) mass is 221 g/mol. The van der Waals surface area contributed by atoms with E-state index in [-0.39, 0.29) is 110 Å². The van der Waals surface area contributed by atoms with Gasteiger partial charge in [0.05, 0.1) is 0 Å². The van der Waals surface area contributed by atoms with Gasteiger partial charge in [0.2, 0.25) is 0 Å². The predicted octanol–water partition coefficient (Wildman–Crippen LogP) is -3.29. The van der Waals surface area contributed by atoms with E-state index in [9.17, 15) is 0 Å². The molecule has 0 aliphatic rings. The second-order valence-corrected chi connectivity index (χ2v) is 0. The van der Waals surface area contributed by atoms with E-state index >= 15 is 0 Å². The zero-order chi connectivity index (χ0) is 0. The Bertz CT molecular complexity index is 9.61. The van der Waals surface area contributed by atoms with E-state index in [1.807, 2.05) is 0 Å². The van der Waals surface area contributed by atoms with Crippen molar-refractivity contribution in [1.29, 1.82) is 0 Å². The molecule has 0 atom stereocenters. The summed E-state index contributed by atoms with van der Waals surface area (Å²) in [5.74, 6) is 0. The van der Waals surface area contributed by atoms with Crippen LogP contribution in [-0.4, -0.2) is 57.8 Å². The molecule has 0 fully saturated rings. The van der Waals surface area contributed by atoms with Crippen molar-refractivity contribution >= 4 is 57.8 Å². The molecule has 1 radical (unpaired) electrons. The molecule has 0 aliphatic heterocycles. The first-order valence-corrected chi connectivity index (χ1v) is 0. The average molecular weight is 223 g/mol. The van der Waals surface area contributed by atoms with Gasteiger partial charge in [-0.1, -0.05) is 0 Å². The van der Waals surface area contributed by atoms with E-state index in [2.05, 4.69) is 0 Å². The van der Waals surface area contributed by atoms with E-state index in [1.165, 1.54) is 0 Å². The third-order valence-electron chi connectivity index (χ3n) is 0. The Labute approximate surface area is 108 Å². The van der Waals surface area contributed by atoms with Crippen LogP contribution in [0.15, 0.2) is 0 Å². The topological polar surface area (TPSA) is 0 Å². The van der Waals surface area contributed by atoms with Crippen molar-refractivity contribution in [3.8, 4) is 0 Å². The standard InChI is InChI=1S/2Al.Mg.Sc.Zr.8H. The quantitative estimate of drug-likeness (QED) is 0.377. The second kappa shape index (κ2) is 25.6. The van der Waals surface area contributed by atoms with Crippen LogP contribution in [0.25, 0.3) is 0 Å². The molecule has 0 bridgehead atoms. The molecule has 0 N–H and O–H groups in total. The van der Waals surface area contributed by atoms with Crippen molar-refractivity contribution in [3.63, 3.8) is 0 Å². The van der Waals surface area contributed by atoms with E-state index in [0.29, 0.717) is 0 Å². The van der Waals surface area contributed by atoms with Crippen molar-refractivity contribution in [2.24, 2.45) is 0 Å². The summed E-state index contributed by atoms with van der Waals surface area (Å²) in [6, 6.07) is 0. The van der Waals surface area contributed by atoms with Gasteiger partial charge in [0.25, 0.3) is 0 Å². The number of rotatable bonds is 0. The van der Waals surface area contributed by atoms with E-state index in [4.69, 9.17) is 0 Å². The first-order valence-electron chi connectivity index (χ1n) is 0. The fraction of sp³-hybridized carbons (Fsp3) is 0. The Morgan fingerprint density at radius 2 is 0.800 bits per heavy atom. The van der Waals surface area contributed by atoms with Gasteiger partial charge in [0, 0.05) is 52.0 Å². The molecule has 0 aromatic rings. The normalized spacial score (nSPS) is 0. The van der Waals surface area contributed by atoms with Crippen molar-refractivity contribution in [2.75, 3.05) is 0 Å². The molecule has 5 heavy (non-hydrogen) atoms. The Balaban J connectivity index is 0. The maximum absolute atomic E-state index is 0. The maximum atomic E-state index is 0. The minimum absolute atomic E-state index is 0. The van der Waals surface area contributed by atoms with Crippen LogP contribution in [0.2, 0.25) is 0 Å². The Kier molecular flexibility index (Phi) is 197. The summed E-state index contributed by atoms with van der Waals surface area (Å²) in [7, 11) is 0. The van der Waals surface area contributed by atoms with E-state index < -0.39 is 0 Å². The summed E-state index contributed by atoms with van der Waals surface area (Å²) >= 11 is 0. The van der Waals surface area contributed by atoms with Gasteiger partial charge < -0.3 is 0 Å². The number of hydrogen-bond donors (Lipinski definition) is 0. The van der Waals surface area contributed by atoms with Crippen molar-refractivity contribution in [3.05, 3.63) is 0 Å². The van der Waals surface area contributed by atoms with Gasteiger partial charge in [-0.2, -0.15) is 0 Å². The largest absolute Gasteiger partial charge is 0.316 e. The van der Waals surface area contributed by atoms with Crippen molar-refractivity contribution in [2.45, 2.75) is 0 Å². The van der Waals surface area contributed by atoms with Crippen LogP contribution in [-0.2, 0) is 52.0 Å². The number of hydrogen-bond acceptors (Lipinski definition) is 0. The summed E-state index contributed by atoms with van der Waals surface area (Å²) in [5.41, 5.74) is 0. The first-order chi connectivity index (χ1) is 0. The maximum Gasteiger partial charge on any atom is 0.316 e. The molecule has 0 unspecified atom stereocenters. The fourth-order valence-electron chi connectivity index (χ4n) is 0.